The van der Waals surface area contributed by atoms with E-state index < -0.39 is 0 Å². The standard InChI is InChI=1S/C16H25N3O2/c1-3-8-20-12-14-4-5-15-16(21-14)6-7-19(15)11-13-9-17-18(2)10-13/h3,9-10,14-16H,1,4-8,11-12H2,2H3/t14-,15-,16-/m1/s1. The molecule has 0 amide bonds. The lowest BCUT2D eigenvalue weighted by Gasteiger charge is -2.35. The lowest BCUT2D eigenvalue weighted by Crippen LogP contribution is -2.43. The Bertz CT molecular complexity index is 474. The summed E-state index contributed by atoms with van der Waals surface area (Å²) in [6.45, 7) is 7.07. The Kier molecular flexibility index (Phi) is 4.73. The van der Waals surface area contributed by atoms with Gasteiger partial charge in [-0.05, 0) is 19.3 Å². The number of ether oxygens (including phenoxy) is 2. The van der Waals surface area contributed by atoms with Gasteiger partial charge in [-0.2, -0.15) is 5.10 Å². The molecule has 0 aromatic carbocycles. The fourth-order valence-electron chi connectivity index (χ4n) is 3.48. The highest BCUT2D eigenvalue weighted by Crippen LogP contribution is 2.32. The van der Waals surface area contributed by atoms with E-state index in [1.54, 1.807) is 6.08 Å². The van der Waals surface area contributed by atoms with E-state index in [0.29, 0.717) is 25.4 Å². The molecule has 2 fully saturated rings. The molecule has 0 radical (unpaired) electrons. The van der Waals surface area contributed by atoms with E-state index in [0.717, 1.165) is 25.9 Å². The molecule has 0 aliphatic carbocycles. The van der Waals surface area contributed by atoms with Gasteiger partial charge in [-0.15, -0.1) is 6.58 Å². The van der Waals surface area contributed by atoms with Crippen LogP contribution in [0.25, 0.3) is 0 Å². The molecule has 116 valence electrons. The maximum Gasteiger partial charge on any atom is 0.0813 e. The molecule has 5 nitrogen and oxygen atoms in total. The third-order valence-corrected chi connectivity index (χ3v) is 4.43. The highest BCUT2D eigenvalue weighted by atomic mass is 16.5. The number of fused-ring (bicyclic) bond motifs is 1. The van der Waals surface area contributed by atoms with E-state index in [9.17, 15) is 0 Å². The van der Waals surface area contributed by atoms with E-state index in [1.165, 1.54) is 12.0 Å². The summed E-state index contributed by atoms with van der Waals surface area (Å²) < 4.78 is 13.6. The fraction of sp³-hybridized carbons (Fsp3) is 0.688. The average molecular weight is 291 g/mol. The van der Waals surface area contributed by atoms with Crippen molar-refractivity contribution in [1.82, 2.24) is 14.7 Å². The number of rotatable bonds is 6. The van der Waals surface area contributed by atoms with Crippen LogP contribution >= 0.6 is 0 Å². The molecule has 0 saturated carbocycles. The Morgan fingerprint density at radius 2 is 2.38 bits per heavy atom. The summed E-state index contributed by atoms with van der Waals surface area (Å²) in [5, 5.41) is 4.25. The van der Waals surface area contributed by atoms with Crippen LogP contribution in [0, 0.1) is 0 Å². The summed E-state index contributed by atoms with van der Waals surface area (Å²) in [6.07, 6.45) is 9.89. The Labute approximate surface area is 126 Å². The zero-order chi connectivity index (χ0) is 14.7. The third-order valence-electron chi connectivity index (χ3n) is 4.43. The van der Waals surface area contributed by atoms with Crippen molar-refractivity contribution in [3.05, 3.63) is 30.6 Å². The first-order valence-corrected chi connectivity index (χ1v) is 7.82. The highest BCUT2D eigenvalue weighted by Gasteiger charge is 2.39. The molecule has 2 aliphatic rings. The van der Waals surface area contributed by atoms with Crippen molar-refractivity contribution in [2.75, 3.05) is 19.8 Å². The van der Waals surface area contributed by atoms with Crippen molar-refractivity contribution in [2.45, 2.75) is 44.1 Å². The van der Waals surface area contributed by atoms with Crippen LogP contribution in [0.5, 0.6) is 0 Å². The molecule has 0 N–H and O–H groups in total. The van der Waals surface area contributed by atoms with Crippen molar-refractivity contribution < 1.29 is 9.47 Å². The van der Waals surface area contributed by atoms with Crippen molar-refractivity contribution in [1.29, 1.82) is 0 Å². The third kappa shape index (κ3) is 3.54. The second kappa shape index (κ2) is 6.73. The lowest BCUT2D eigenvalue weighted by molar-refractivity contribution is -0.0971. The first-order valence-electron chi connectivity index (χ1n) is 7.82. The SMILES string of the molecule is C=CCOC[C@H]1CC[C@@H]2[C@@H](CCN2Cc2cnn(C)c2)O1. The first kappa shape index (κ1) is 14.8. The van der Waals surface area contributed by atoms with Gasteiger partial charge in [0.05, 0.1) is 31.6 Å². The Morgan fingerprint density at radius 1 is 1.48 bits per heavy atom. The van der Waals surface area contributed by atoms with Crippen LogP contribution in [0.4, 0.5) is 0 Å². The Hall–Kier alpha value is -1.17. The molecular formula is C16H25N3O2. The Morgan fingerprint density at radius 3 is 3.14 bits per heavy atom. The average Bonchev–Trinajstić information content (AvgIpc) is 3.06. The van der Waals surface area contributed by atoms with E-state index in [-0.39, 0.29) is 6.10 Å². The lowest BCUT2D eigenvalue weighted by atomic mass is 9.99. The zero-order valence-electron chi connectivity index (χ0n) is 12.8. The number of nitrogens with zero attached hydrogens (tertiary/aromatic N) is 3. The summed E-state index contributed by atoms with van der Waals surface area (Å²) in [5.41, 5.74) is 1.29. The number of aryl methyl sites for hydroxylation is 1. The second-order valence-corrected chi connectivity index (χ2v) is 6.05. The van der Waals surface area contributed by atoms with Crippen LogP contribution in [0.2, 0.25) is 0 Å². The molecular weight excluding hydrogens is 266 g/mol. The molecule has 1 aromatic rings. The minimum Gasteiger partial charge on any atom is -0.375 e. The smallest absolute Gasteiger partial charge is 0.0813 e. The van der Waals surface area contributed by atoms with Crippen LogP contribution in [-0.4, -0.2) is 52.7 Å². The largest absolute Gasteiger partial charge is 0.375 e. The fourth-order valence-corrected chi connectivity index (χ4v) is 3.48. The number of likely N-dealkylation sites (tertiary alicyclic amines) is 1. The minimum atomic E-state index is 0.254. The summed E-state index contributed by atoms with van der Waals surface area (Å²) in [5.74, 6) is 0. The highest BCUT2D eigenvalue weighted by molar-refractivity contribution is 5.05. The molecule has 3 atom stereocenters. The molecule has 0 unspecified atom stereocenters. The van der Waals surface area contributed by atoms with E-state index in [1.807, 2.05) is 17.9 Å². The summed E-state index contributed by atoms with van der Waals surface area (Å²) >= 11 is 0. The van der Waals surface area contributed by atoms with E-state index in [4.69, 9.17) is 9.47 Å². The van der Waals surface area contributed by atoms with Crippen LogP contribution in [0.15, 0.2) is 25.0 Å². The number of hydrogen-bond acceptors (Lipinski definition) is 4. The van der Waals surface area contributed by atoms with Gasteiger partial charge >= 0.3 is 0 Å². The summed E-state index contributed by atoms with van der Waals surface area (Å²) in [4.78, 5) is 2.54. The predicted octanol–water partition coefficient (Wildman–Crippen LogP) is 1.74. The molecule has 1 aromatic heterocycles. The summed E-state index contributed by atoms with van der Waals surface area (Å²) in [7, 11) is 1.97. The van der Waals surface area contributed by atoms with Crippen molar-refractivity contribution in [3.63, 3.8) is 0 Å². The van der Waals surface area contributed by atoms with Crippen molar-refractivity contribution in [2.24, 2.45) is 7.05 Å². The maximum absolute atomic E-state index is 6.21. The van der Waals surface area contributed by atoms with Gasteiger partial charge in [0.2, 0.25) is 0 Å². The van der Waals surface area contributed by atoms with Gasteiger partial charge in [0.25, 0.3) is 0 Å². The number of aromatic nitrogens is 2. The van der Waals surface area contributed by atoms with Gasteiger partial charge < -0.3 is 9.47 Å². The normalized spacial score (nSPS) is 29.5. The molecule has 0 spiro atoms. The van der Waals surface area contributed by atoms with Gasteiger partial charge in [0.1, 0.15) is 0 Å². The maximum atomic E-state index is 6.21. The molecule has 3 heterocycles. The quantitative estimate of drug-likeness (QED) is 0.591. The van der Waals surface area contributed by atoms with Crippen LogP contribution in [0.1, 0.15) is 24.8 Å². The van der Waals surface area contributed by atoms with Gasteiger partial charge in [0, 0.05) is 37.9 Å². The van der Waals surface area contributed by atoms with Crippen LogP contribution in [0.3, 0.4) is 0 Å². The van der Waals surface area contributed by atoms with E-state index in [2.05, 4.69) is 22.8 Å². The monoisotopic (exact) mass is 291 g/mol. The molecule has 2 saturated heterocycles. The Balaban J connectivity index is 1.51. The van der Waals surface area contributed by atoms with Crippen molar-refractivity contribution >= 4 is 0 Å². The van der Waals surface area contributed by atoms with E-state index >= 15 is 0 Å². The molecule has 3 rings (SSSR count). The zero-order valence-corrected chi connectivity index (χ0v) is 12.8. The van der Waals surface area contributed by atoms with Crippen molar-refractivity contribution in [3.8, 4) is 0 Å². The van der Waals surface area contributed by atoms with Gasteiger partial charge in [-0.3, -0.25) is 9.58 Å². The molecule has 21 heavy (non-hydrogen) atoms. The molecule has 0 bridgehead atoms. The van der Waals surface area contributed by atoms with Gasteiger partial charge in [-0.1, -0.05) is 6.08 Å². The number of hydrogen-bond donors (Lipinski definition) is 0. The van der Waals surface area contributed by atoms with Gasteiger partial charge in [0.15, 0.2) is 0 Å². The first-order chi connectivity index (χ1) is 10.3. The predicted molar refractivity (Wildman–Crippen MR) is 80.9 cm³/mol. The minimum absolute atomic E-state index is 0.254. The van der Waals surface area contributed by atoms with Crippen LogP contribution < -0.4 is 0 Å². The molecule has 5 heteroatoms. The molecule has 2 aliphatic heterocycles. The van der Waals surface area contributed by atoms with Gasteiger partial charge in [-0.25, -0.2) is 0 Å². The summed E-state index contributed by atoms with van der Waals surface area (Å²) in [6, 6.07) is 0.556. The van der Waals surface area contributed by atoms with Crippen LogP contribution in [-0.2, 0) is 23.1 Å². The topological polar surface area (TPSA) is 39.5 Å². The second-order valence-electron chi connectivity index (χ2n) is 6.05.